The lowest BCUT2D eigenvalue weighted by atomic mass is 9.90. The molecule has 6 nitrogen and oxygen atoms in total. The summed E-state index contributed by atoms with van der Waals surface area (Å²) in [4.78, 5) is 41.1. The first-order valence-corrected chi connectivity index (χ1v) is 11.1. The molecular weight excluding hydrogens is 437 g/mol. The van der Waals surface area contributed by atoms with Crippen molar-refractivity contribution in [3.05, 3.63) is 62.8 Å². The Labute approximate surface area is 187 Å². The number of fused-ring (bicyclic) bond motifs is 5. The average Bonchev–Trinajstić information content (AvgIpc) is 3.13. The maximum atomic E-state index is 13.9. The van der Waals surface area contributed by atoms with Crippen LogP contribution in [0.4, 0.5) is 13.2 Å². The molecule has 5 rings (SSSR count). The molecule has 1 amide bonds. The van der Waals surface area contributed by atoms with Crippen LogP contribution in [0.15, 0.2) is 23.1 Å². The smallest absolute Gasteiger partial charge is 0.275 e. The van der Waals surface area contributed by atoms with Gasteiger partial charge in [0.15, 0.2) is 17.2 Å². The molecule has 0 radical (unpaired) electrons. The zero-order valence-corrected chi connectivity index (χ0v) is 18.1. The van der Waals surface area contributed by atoms with Crippen molar-refractivity contribution in [3.63, 3.8) is 0 Å². The molecule has 3 atom stereocenters. The number of hydrogen-bond donors (Lipinski definition) is 0. The number of carbonyl (C=O) groups is 2. The van der Waals surface area contributed by atoms with Crippen molar-refractivity contribution in [1.82, 2.24) is 9.47 Å². The molecule has 2 fully saturated rings. The molecule has 33 heavy (non-hydrogen) atoms. The fourth-order valence-corrected chi connectivity index (χ4v) is 5.73. The zero-order valence-electron chi connectivity index (χ0n) is 18.1. The van der Waals surface area contributed by atoms with Crippen LogP contribution in [-0.2, 0) is 13.0 Å². The maximum Gasteiger partial charge on any atom is 0.275 e. The van der Waals surface area contributed by atoms with Crippen LogP contribution >= 0.6 is 0 Å². The van der Waals surface area contributed by atoms with Crippen LogP contribution in [0.5, 0.6) is 5.75 Å². The van der Waals surface area contributed by atoms with Gasteiger partial charge in [0.05, 0.1) is 18.7 Å². The van der Waals surface area contributed by atoms with E-state index in [4.69, 9.17) is 4.74 Å². The lowest BCUT2D eigenvalue weighted by Crippen LogP contribution is -2.55. The summed E-state index contributed by atoms with van der Waals surface area (Å²) in [5, 5.41) is 0. The third-order valence-electron chi connectivity index (χ3n) is 7.20. The van der Waals surface area contributed by atoms with Crippen molar-refractivity contribution in [1.29, 1.82) is 0 Å². The van der Waals surface area contributed by atoms with Crippen LogP contribution in [0.3, 0.4) is 0 Å². The van der Waals surface area contributed by atoms with Gasteiger partial charge < -0.3 is 14.2 Å². The van der Waals surface area contributed by atoms with Gasteiger partial charge in [-0.3, -0.25) is 14.4 Å². The molecule has 2 bridgehead atoms. The van der Waals surface area contributed by atoms with E-state index < -0.39 is 34.2 Å². The normalized spacial score (nSPS) is 23.3. The van der Waals surface area contributed by atoms with Crippen molar-refractivity contribution in [2.45, 2.75) is 57.2 Å². The molecule has 3 aliphatic rings. The predicted molar refractivity (Wildman–Crippen MR) is 112 cm³/mol. The molecular formula is C24H23F3N2O4. The van der Waals surface area contributed by atoms with Crippen LogP contribution in [0.2, 0.25) is 0 Å². The summed E-state index contributed by atoms with van der Waals surface area (Å²) in [7, 11) is 1.27. The first-order chi connectivity index (χ1) is 15.8. The third kappa shape index (κ3) is 3.54. The largest absolute Gasteiger partial charge is 0.491 e. The standard InChI is InChI=1S/C24H23F3N2O4/c1-33-23-21-24(32)29-14-3-2-12(6-14)7-15(29)10-28(21)11-17(22(23)31)20(30)5-4-16-18(26)8-13(25)9-19(16)27/h8-9,11-12,14-15H,2-7,10H2,1H3/t12-,14+,15+/m1/s1. The van der Waals surface area contributed by atoms with Crippen molar-refractivity contribution < 1.29 is 27.5 Å². The number of benzene rings is 1. The summed E-state index contributed by atoms with van der Waals surface area (Å²) < 4.78 is 47.9. The van der Waals surface area contributed by atoms with Gasteiger partial charge in [0.1, 0.15) is 17.5 Å². The number of amides is 1. The Kier molecular flexibility index (Phi) is 5.29. The number of Topliss-reactive ketones (excluding diaryl/α,β-unsaturated/α-hetero) is 1. The van der Waals surface area contributed by atoms with E-state index in [-0.39, 0.29) is 47.8 Å². The number of carbonyl (C=O) groups excluding carboxylic acids is 2. The van der Waals surface area contributed by atoms with E-state index in [1.807, 2.05) is 4.90 Å². The van der Waals surface area contributed by atoms with Crippen LogP contribution < -0.4 is 10.2 Å². The number of nitrogens with zero attached hydrogens (tertiary/aromatic N) is 2. The molecule has 9 heteroatoms. The van der Waals surface area contributed by atoms with Gasteiger partial charge in [-0.05, 0) is 38.0 Å². The molecule has 1 saturated heterocycles. The van der Waals surface area contributed by atoms with E-state index in [0.29, 0.717) is 24.6 Å². The molecule has 174 valence electrons. The molecule has 0 spiro atoms. The second kappa shape index (κ2) is 8.04. The number of ketones is 1. The Morgan fingerprint density at radius 3 is 2.48 bits per heavy atom. The van der Waals surface area contributed by atoms with Crippen LogP contribution in [0.1, 0.15) is 58.5 Å². The topological polar surface area (TPSA) is 68.6 Å². The molecule has 0 N–H and O–H groups in total. The van der Waals surface area contributed by atoms with Gasteiger partial charge in [0, 0.05) is 42.9 Å². The van der Waals surface area contributed by atoms with Crippen LogP contribution in [-0.4, -0.2) is 40.4 Å². The molecule has 1 saturated carbocycles. The Hall–Kier alpha value is -3.10. The summed E-state index contributed by atoms with van der Waals surface area (Å²) in [5.74, 6) is -3.73. The predicted octanol–water partition coefficient (Wildman–Crippen LogP) is 3.49. The first kappa shape index (κ1) is 21.7. The van der Waals surface area contributed by atoms with Gasteiger partial charge in [0.25, 0.3) is 5.91 Å². The maximum absolute atomic E-state index is 13.9. The lowest BCUT2D eigenvalue weighted by Gasteiger charge is -2.45. The molecule has 1 aromatic heterocycles. The Bertz CT molecular complexity index is 1200. The van der Waals surface area contributed by atoms with E-state index in [9.17, 15) is 27.6 Å². The fourth-order valence-electron chi connectivity index (χ4n) is 5.73. The van der Waals surface area contributed by atoms with Crippen molar-refractivity contribution in [3.8, 4) is 5.75 Å². The molecule has 2 aliphatic heterocycles. The minimum absolute atomic E-state index is 0.00572. The number of hydrogen-bond acceptors (Lipinski definition) is 4. The Morgan fingerprint density at radius 1 is 1.09 bits per heavy atom. The second-order valence-electron chi connectivity index (χ2n) is 9.11. The van der Waals surface area contributed by atoms with Crippen molar-refractivity contribution in [2.24, 2.45) is 5.92 Å². The average molecular weight is 460 g/mol. The second-order valence-corrected chi connectivity index (χ2v) is 9.11. The minimum atomic E-state index is -1.09. The number of rotatable bonds is 5. The number of ether oxygens (including phenoxy) is 1. The number of halogens is 3. The number of methoxy groups -OCH3 is 1. The highest BCUT2D eigenvalue weighted by molar-refractivity contribution is 6.00. The van der Waals surface area contributed by atoms with E-state index in [1.165, 1.54) is 13.3 Å². The highest BCUT2D eigenvalue weighted by Gasteiger charge is 2.46. The van der Waals surface area contributed by atoms with Gasteiger partial charge in [-0.15, -0.1) is 0 Å². The minimum Gasteiger partial charge on any atom is -0.491 e. The summed E-state index contributed by atoms with van der Waals surface area (Å²) in [6.07, 6.45) is 4.56. The summed E-state index contributed by atoms with van der Waals surface area (Å²) in [6.45, 7) is 0.451. The number of aromatic nitrogens is 1. The van der Waals surface area contributed by atoms with Gasteiger partial charge in [-0.1, -0.05) is 0 Å². The molecule has 1 aliphatic carbocycles. The fraction of sp³-hybridized carbons (Fsp3) is 0.458. The van der Waals surface area contributed by atoms with E-state index in [2.05, 4.69) is 0 Å². The van der Waals surface area contributed by atoms with Gasteiger partial charge in [0.2, 0.25) is 5.43 Å². The van der Waals surface area contributed by atoms with Gasteiger partial charge >= 0.3 is 0 Å². The quantitative estimate of drug-likeness (QED) is 0.641. The Morgan fingerprint density at radius 2 is 1.79 bits per heavy atom. The highest BCUT2D eigenvalue weighted by Crippen LogP contribution is 2.43. The highest BCUT2D eigenvalue weighted by atomic mass is 19.1. The molecule has 0 unspecified atom stereocenters. The zero-order chi connectivity index (χ0) is 23.4. The summed E-state index contributed by atoms with van der Waals surface area (Å²) in [6, 6.07) is 1.26. The first-order valence-electron chi connectivity index (χ1n) is 11.1. The van der Waals surface area contributed by atoms with Gasteiger partial charge in [-0.2, -0.15) is 0 Å². The SMILES string of the molecule is COc1c2n(cc(C(=O)CCc3c(F)cc(F)cc3F)c1=O)C[C@@H]1C[C@@H]3CC[C@@H](C3)N1C2=O. The summed E-state index contributed by atoms with van der Waals surface area (Å²) in [5.41, 5.74) is -1.20. The number of pyridine rings is 1. The molecule has 3 heterocycles. The van der Waals surface area contributed by atoms with Crippen molar-refractivity contribution in [2.75, 3.05) is 7.11 Å². The van der Waals surface area contributed by atoms with Crippen molar-refractivity contribution >= 4 is 11.7 Å². The Balaban J connectivity index is 1.47. The van der Waals surface area contributed by atoms with E-state index in [1.54, 1.807) is 4.57 Å². The monoisotopic (exact) mass is 460 g/mol. The molecule has 2 aromatic rings. The number of piperidine rings is 1. The molecule has 1 aromatic carbocycles. The lowest BCUT2D eigenvalue weighted by molar-refractivity contribution is 0.0339. The summed E-state index contributed by atoms with van der Waals surface area (Å²) >= 11 is 0. The van der Waals surface area contributed by atoms with Crippen LogP contribution in [0.25, 0.3) is 0 Å². The van der Waals surface area contributed by atoms with E-state index in [0.717, 1.165) is 25.7 Å². The third-order valence-corrected chi connectivity index (χ3v) is 7.20. The van der Waals surface area contributed by atoms with E-state index >= 15 is 0 Å². The van der Waals surface area contributed by atoms with Crippen LogP contribution in [0, 0.1) is 23.4 Å². The van der Waals surface area contributed by atoms with Gasteiger partial charge in [-0.25, -0.2) is 13.2 Å².